The molecule has 7 aliphatic rings. The molecule has 7 rings (SSSR count). The first-order valence-corrected chi connectivity index (χ1v) is 15.8. The summed E-state index contributed by atoms with van der Waals surface area (Å²) >= 11 is 0. The van der Waals surface area contributed by atoms with Gasteiger partial charge in [-0.1, -0.05) is 13.8 Å². The van der Waals surface area contributed by atoms with E-state index in [0.29, 0.717) is 18.9 Å². The molecule has 234 valence electrons. The topological polar surface area (TPSA) is 133 Å². The Morgan fingerprint density at radius 2 is 1.88 bits per heavy atom. The first-order valence-electron chi connectivity index (χ1n) is 15.8. The summed E-state index contributed by atoms with van der Waals surface area (Å²) in [5.74, 6) is -0.0281. The third-order valence-corrected chi connectivity index (χ3v) is 13.0. The highest BCUT2D eigenvalue weighted by Crippen LogP contribution is 2.77. The number of carbonyl (C=O) groups is 2. The molecule has 6 fully saturated rings. The Morgan fingerprint density at radius 1 is 1.10 bits per heavy atom. The summed E-state index contributed by atoms with van der Waals surface area (Å²) in [5.41, 5.74) is -0.815. The summed E-state index contributed by atoms with van der Waals surface area (Å²) in [7, 11) is 1.49. The van der Waals surface area contributed by atoms with E-state index in [9.17, 15) is 19.8 Å². The van der Waals surface area contributed by atoms with E-state index < -0.39 is 47.9 Å². The molecule has 0 unspecified atom stereocenters. The summed E-state index contributed by atoms with van der Waals surface area (Å²) < 4.78 is 35.6. The number of carbonyl (C=O) groups excluding carboxylic acids is 2. The third-order valence-electron chi connectivity index (χ3n) is 13.0. The Labute approximate surface area is 247 Å². The van der Waals surface area contributed by atoms with Crippen molar-refractivity contribution in [2.75, 3.05) is 13.7 Å². The molecule has 4 aliphatic carbocycles. The Kier molecular flexibility index (Phi) is 6.75. The van der Waals surface area contributed by atoms with Crippen LogP contribution < -0.4 is 0 Å². The molecule has 14 atom stereocenters. The number of cyclic esters (lactones) is 1. The van der Waals surface area contributed by atoms with Crippen molar-refractivity contribution in [2.24, 2.45) is 28.6 Å². The minimum atomic E-state index is -0.941. The minimum absolute atomic E-state index is 0.00499. The van der Waals surface area contributed by atoms with Crippen molar-refractivity contribution in [2.45, 2.75) is 133 Å². The fraction of sp³-hybridized carbons (Fsp3) is 0.875. The van der Waals surface area contributed by atoms with Crippen LogP contribution >= 0.6 is 0 Å². The number of hydrogen-bond donors (Lipinski definition) is 2. The van der Waals surface area contributed by atoms with Gasteiger partial charge in [-0.15, -0.1) is 0 Å². The lowest BCUT2D eigenvalue weighted by atomic mass is 9.43. The lowest BCUT2D eigenvalue weighted by Crippen LogP contribution is -2.68. The highest BCUT2D eigenvalue weighted by molar-refractivity contribution is 5.85. The molecule has 2 saturated heterocycles. The van der Waals surface area contributed by atoms with Crippen molar-refractivity contribution in [3.05, 3.63) is 11.6 Å². The van der Waals surface area contributed by atoms with Gasteiger partial charge >= 0.3 is 11.9 Å². The normalized spacial score (nSPS) is 54.5. The molecular weight excluding hydrogens is 544 g/mol. The molecule has 1 spiro atoms. The van der Waals surface area contributed by atoms with Crippen molar-refractivity contribution in [3.8, 4) is 0 Å². The number of rotatable bonds is 5. The van der Waals surface area contributed by atoms with E-state index in [4.69, 9.17) is 28.4 Å². The number of fused-ring (bicyclic) bond motifs is 3. The van der Waals surface area contributed by atoms with Crippen LogP contribution in [-0.2, 0) is 38.0 Å². The predicted octanol–water partition coefficient (Wildman–Crippen LogP) is 2.81. The Balaban J connectivity index is 1.09. The molecule has 4 saturated carbocycles. The van der Waals surface area contributed by atoms with E-state index in [1.807, 2.05) is 0 Å². The predicted molar refractivity (Wildman–Crippen MR) is 147 cm³/mol. The van der Waals surface area contributed by atoms with Gasteiger partial charge in [-0.25, -0.2) is 4.79 Å². The van der Waals surface area contributed by atoms with Crippen molar-refractivity contribution < 1.29 is 48.2 Å². The zero-order chi connectivity index (χ0) is 29.8. The fourth-order valence-electron chi connectivity index (χ4n) is 10.8. The lowest BCUT2D eigenvalue weighted by Gasteiger charge is -2.62. The molecule has 42 heavy (non-hydrogen) atoms. The summed E-state index contributed by atoms with van der Waals surface area (Å²) in [4.78, 5) is 23.8. The fourth-order valence-corrected chi connectivity index (χ4v) is 10.8. The van der Waals surface area contributed by atoms with Gasteiger partial charge in [0.25, 0.3) is 0 Å². The average molecular weight is 591 g/mol. The van der Waals surface area contributed by atoms with Gasteiger partial charge in [-0.3, -0.25) is 4.79 Å². The van der Waals surface area contributed by atoms with E-state index in [1.165, 1.54) is 14.0 Å². The van der Waals surface area contributed by atoms with Crippen molar-refractivity contribution in [1.82, 2.24) is 0 Å². The molecule has 2 N–H and O–H groups in total. The van der Waals surface area contributed by atoms with Crippen LogP contribution in [0.5, 0.6) is 0 Å². The molecule has 10 nitrogen and oxygen atoms in total. The highest BCUT2D eigenvalue weighted by Gasteiger charge is 2.84. The van der Waals surface area contributed by atoms with Crippen LogP contribution in [-0.4, -0.2) is 90.0 Å². The van der Waals surface area contributed by atoms with E-state index in [0.717, 1.165) is 50.5 Å². The van der Waals surface area contributed by atoms with Crippen molar-refractivity contribution in [3.63, 3.8) is 0 Å². The molecule has 0 aromatic rings. The highest BCUT2D eigenvalue weighted by atomic mass is 16.7. The van der Waals surface area contributed by atoms with E-state index in [-0.39, 0.29) is 40.8 Å². The SMILES string of the molecule is CO[C@@H]1[C@@H](O)[C@H](C)O[C@H](O[C@H]2CC[C@@]3(C)[C@@H](C2)C[C@@H]2O[C@]24[C@@H]3CC[C@]2(C)[C@@H](C3=CC(=O)OC3)CC[C@]42O)[C@H]1OC(C)=O. The molecule has 0 aromatic carbocycles. The molecule has 0 radical (unpaired) electrons. The molecule has 3 heterocycles. The second-order valence-electron chi connectivity index (χ2n) is 14.6. The minimum Gasteiger partial charge on any atom is -0.458 e. The van der Waals surface area contributed by atoms with Crippen LogP contribution in [0.2, 0.25) is 0 Å². The van der Waals surface area contributed by atoms with Crippen LogP contribution in [0, 0.1) is 28.6 Å². The molecule has 0 bridgehead atoms. The van der Waals surface area contributed by atoms with Gasteiger partial charge in [-0.2, -0.15) is 0 Å². The van der Waals surface area contributed by atoms with Gasteiger partial charge in [0, 0.05) is 25.5 Å². The number of ether oxygens (including phenoxy) is 6. The number of methoxy groups -OCH3 is 1. The quantitative estimate of drug-likeness (QED) is 0.280. The smallest absolute Gasteiger partial charge is 0.331 e. The van der Waals surface area contributed by atoms with Crippen molar-refractivity contribution in [1.29, 1.82) is 0 Å². The molecule has 10 heteroatoms. The second kappa shape index (κ2) is 9.72. The van der Waals surface area contributed by atoms with E-state index >= 15 is 0 Å². The first-order chi connectivity index (χ1) is 19.9. The van der Waals surface area contributed by atoms with Crippen molar-refractivity contribution >= 4 is 11.9 Å². The molecular formula is C32H46O10. The van der Waals surface area contributed by atoms with Gasteiger partial charge in [-0.05, 0) is 87.0 Å². The molecule has 3 aliphatic heterocycles. The van der Waals surface area contributed by atoms with Gasteiger partial charge in [0.15, 0.2) is 12.4 Å². The maximum atomic E-state index is 12.6. The Bertz CT molecular complexity index is 1170. The number of aliphatic hydroxyl groups is 2. The zero-order valence-corrected chi connectivity index (χ0v) is 25.4. The summed E-state index contributed by atoms with van der Waals surface area (Å²) in [6, 6.07) is 0. The summed E-state index contributed by atoms with van der Waals surface area (Å²) in [6.07, 6.45) is 4.48. The number of aliphatic hydroxyl groups excluding tert-OH is 1. The Hall–Kier alpha value is -1.56. The van der Waals surface area contributed by atoms with Crippen LogP contribution in [0.3, 0.4) is 0 Å². The molecule has 0 amide bonds. The summed E-state index contributed by atoms with van der Waals surface area (Å²) in [5, 5.41) is 23.3. The van der Waals surface area contributed by atoms with E-state index in [2.05, 4.69) is 13.8 Å². The van der Waals surface area contributed by atoms with Crippen LogP contribution in [0.15, 0.2) is 11.6 Å². The van der Waals surface area contributed by atoms with E-state index in [1.54, 1.807) is 13.0 Å². The second-order valence-corrected chi connectivity index (χ2v) is 14.6. The first kappa shape index (κ1) is 29.2. The number of esters is 2. The van der Waals surface area contributed by atoms with Gasteiger partial charge in [0.05, 0.1) is 18.3 Å². The summed E-state index contributed by atoms with van der Waals surface area (Å²) in [6.45, 7) is 8.04. The standard InChI is InChI=1S/C32H46O10/c1-16-25(35)26(37-5)27(40-17(2)33)28(39-16)41-20-6-9-29(3)19(13-20)14-23-32(42-23)22(29)8-10-30(4)21(7-11-31(30,32)36)18-12-24(34)38-15-18/h12,16,19-23,25-28,35-36H,6-11,13-15H2,1-5H3/t16-,19-,20-,21+,22+,23-,25-,26+,27-,28+,29-,30+,31+,32+/m0/s1. The maximum absolute atomic E-state index is 12.6. The van der Waals surface area contributed by atoms with Gasteiger partial charge in [0.1, 0.15) is 30.0 Å². The molecule has 0 aromatic heterocycles. The zero-order valence-electron chi connectivity index (χ0n) is 25.4. The maximum Gasteiger partial charge on any atom is 0.331 e. The Morgan fingerprint density at radius 3 is 2.57 bits per heavy atom. The number of hydrogen-bond acceptors (Lipinski definition) is 10. The van der Waals surface area contributed by atoms with Crippen LogP contribution in [0.25, 0.3) is 0 Å². The monoisotopic (exact) mass is 590 g/mol. The number of epoxide rings is 1. The van der Waals surface area contributed by atoms with Gasteiger partial charge < -0.3 is 38.6 Å². The average Bonchev–Trinajstić information content (AvgIpc) is 3.38. The van der Waals surface area contributed by atoms with Gasteiger partial charge in [0.2, 0.25) is 0 Å². The van der Waals surface area contributed by atoms with Crippen LogP contribution in [0.1, 0.15) is 79.1 Å². The largest absolute Gasteiger partial charge is 0.458 e. The van der Waals surface area contributed by atoms with Crippen LogP contribution in [0.4, 0.5) is 0 Å². The third kappa shape index (κ3) is 3.84. The lowest BCUT2D eigenvalue weighted by molar-refractivity contribution is -0.315.